The molecule has 2 fully saturated rings. The summed E-state index contributed by atoms with van der Waals surface area (Å²) in [6, 6.07) is 0. The van der Waals surface area contributed by atoms with Crippen LogP contribution in [0.4, 0.5) is 0 Å². The Balaban J connectivity index is 1.76. The topological polar surface area (TPSA) is 29.0 Å². The lowest BCUT2D eigenvalue weighted by atomic mass is 9.90. The second-order valence-electron chi connectivity index (χ2n) is 4.72. The summed E-state index contributed by atoms with van der Waals surface area (Å²) < 4.78 is 9.01. The van der Waals surface area contributed by atoms with Crippen molar-refractivity contribution in [1.82, 2.24) is 13.6 Å². The Hall–Kier alpha value is -0.130. The third-order valence-corrected chi connectivity index (χ3v) is 5.45. The molecule has 0 radical (unpaired) electrons. The summed E-state index contributed by atoms with van der Waals surface area (Å²) in [7, 11) is 0. The minimum atomic E-state index is 0.673. The van der Waals surface area contributed by atoms with Crippen molar-refractivity contribution < 1.29 is 0 Å². The van der Waals surface area contributed by atoms with Crippen LogP contribution < -0.4 is 0 Å². The number of piperidine rings is 1. The highest BCUT2D eigenvalue weighted by Crippen LogP contribution is 2.41. The molecule has 0 amide bonds. The van der Waals surface area contributed by atoms with Crippen LogP contribution in [-0.4, -0.2) is 39.0 Å². The number of nitrogens with zero attached hydrogens (tertiary/aromatic N) is 3. The first-order valence-electron chi connectivity index (χ1n) is 6.06. The maximum Gasteiger partial charge on any atom is 0.134 e. The molecule has 3 rings (SSSR count). The van der Waals surface area contributed by atoms with Gasteiger partial charge in [-0.05, 0) is 31.1 Å². The molecular weight excluding hydrogens is 238 g/mol. The molecule has 5 heteroatoms. The van der Waals surface area contributed by atoms with Gasteiger partial charge in [0.15, 0.2) is 0 Å². The third-order valence-electron chi connectivity index (χ3n) is 3.61. The van der Waals surface area contributed by atoms with E-state index < -0.39 is 0 Å². The average molecular weight is 255 g/mol. The van der Waals surface area contributed by atoms with Gasteiger partial charge in [-0.3, -0.25) is 0 Å². The van der Waals surface area contributed by atoms with E-state index in [0.717, 1.165) is 5.92 Å². The molecule has 1 unspecified atom stereocenters. The van der Waals surface area contributed by atoms with Gasteiger partial charge >= 0.3 is 0 Å². The molecule has 0 spiro atoms. The summed E-state index contributed by atoms with van der Waals surface area (Å²) >= 11 is 3.28. The van der Waals surface area contributed by atoms with Crippen molar-refractivity contribution in [2.75, 3.05) is 25.4 Å². The van der Waals surface area contributed by atoms with Crippen molar-refractivity contribution >= 4 is 23.5 Å². The lowest BCUT2D eigenvalue weighted by molar-refractivity contribution is 0.342. The van der Waals surface area contributed by atoms with Crippen LogP contribution in [0.5, 0.6) is 0 Å². The smallest absolute Gasteiger partial charge is 0.134 e. The van der Waals surface area contributed by atoms with Gasteiger partial charge in [-0.1, -0.05) is 6.92 Å². The molecule has 0 N–H and O–H groups in total. The first kappa shape index (κ1) is 11.0. The van der Waals surface area contributed by atoms with Gasteiger partial charge in [0.25, 0.3) is 0 Å². The zero-order valence-corrected chi connectivity index (χ0v) is 11.2. The molecule has 1 aromatic rings. The van der Waals surface area contributed by atoms with E-state index in [1.54, 1.807) is 0 Å². The Morgan fingerprint density at radius 3 is 3.06 bits per heavy atom. The standard InChI is InChI=1S/C11H17N3S2/c1-2-5-15-11-10(12-16-13-11)9-7-14-4-3-8(9)6-14/h8-9H,2-7H2,1H3/t8-,9+/m0/s1. The van der Waals surface area contributed by atoms with E-state index in [-0.39, 0.29) is 0 Å². The number of fused-ring (bicyclic) bond motifs is 2. The zero-order valence-electron chi connectivity index (χ0n) is 9.56. The number of thioether (sulfide) groups is 1. The fraction of sp³-hybridized carbons (Fsp3) is 0.818. The fourth-order valence-corrected chi connectivity index (χ4v) is 4.44. The van der Waals surface area contributed by atoms with E-state index in [4.69, 9.17) is 0 Å². The Labute approximate surface area is 105 Å². The van der Waals surface area contributed by atoms with E-state index in [0.29, 0.717) is 5.92 Å². The summed E-state index contributed by atoms with van der Waals surface area (Å²) in [5.41, 5.74) is 1.30. The number of hydrogen-bond acceptors (Lipinski definition) is 5. The van der Waals surface area contributed by atoms with Crippen LogP contribution >= 0.6 is 23.5 Å². The Bertz CT molecular complexity index is 366. The minimum Gasteiger partial charge on any atom is -0.302 e. The molecular formula is C11H17N3S2. The molecule has 0 aliphatic carbocycles. The van der Waals surface area contributed by atoms with Crippen molar-refractivity contribution in [2.45, 2.75) is 30.7 Å². The maximum absolute atomic E-state index is 4.55. The van der Waals surface area contributed by atoms with Gasteiger partial charge in [0.1, 0.15) is 5.03 Å². The molecule has 1 aromatic heterocycles. The summed E-state index contributed by atoms with van der Waals surface area (Å²) in [6.07, 6.45) is 2.57. The quantitative estimate of drug-likeness (QED) is 0.773. The van der Waals surface area contributed by atoms with Gasteiger partial charge in [-0.15, -0.1) is 11.8 Å². The molecule has 0 aromatic carbocycles. The van der Waals surface area contributed by atoms with Crippen LogP contribution in [0.3, 0.4) is 0 Å². The molecule has 3 atom stereocenters. The van der Waals surface area contributed by atoms with Crippen LogP contribution in [0.25, 0.3) is 0 Å². The van der Waals surface area contributed by atoms with Gasteiger partial charge in [-0.2, -0.15) is 8.75 Å². The van der Waals surface area contributed by atoms with Crippen LogP contribution in [0.2, 0.25) is 0 Å². The Morgan fingerprint density at radius 1 is 1.44 bits per heavy atom. The third kappa shape index (κ3) is 1.89. The van der Waals surface area contributed by atoms with Gasteiger partial charge in [0.05, 0.1) is 17.4 Å². The molecule has 2 bridgehead atoms. The first-order valence-corrected chi connectivity index (χ1v) is 7.77. The Kier molecular flexibility index (Phi) is 3.18. The number of rotatable bonds is 4. The summed E-state index contributed by atoms with van der Waals surface area (Å²) in [4.78, 5) is 2.57. The predicted molar refractivity (Wildman–Crippen MR) is 68.2 cm³/mol. The maximum atomic E-state index is 4.55. The van der Waals surface area contributed by atoms with E-state index >= 15 is 0 Å². The lowest BCUT2D eigenvalue weighted by Crippen LogP contribution is -2.22. The van der Waals surface area contributed by atoms with Crippen molar-refractivity contribution in [3.8, 4) is 0 Å². The minimum absolute atomic E-state index is 0.673. The first-order chi connectivity index (χ1) is 7.88. The molecule has 16 heavy (non-hydrogen) atoms. The van der Waals surface area contributed by atoms with E-state index in [9.17, 15) is 0 Å². The number of aromatic nitrogens is 2. The second kappa shape index (κ2) is 4.63. The average Bonchev–Trinajstić information content (AvgIpc) is 3.01. The van der Waals surface area contributed by atoms with Crippen molar-refractivity contribution in [3.63, 3.8) is 0 Å². The lowest BCUT2D eigenvalue weighted by Gasteiger charge is -2.20. The molecule has 3 heterocycles. The zero-order chi connectivity index (χ0) is 11.0. The highest BCUT2D eigenvalue weighted by molar-refractivity contribution is 7.99. The van der Waals surface area contributed by atoms with Gasteiger partial charge in [0.2, 0.25) is 0 Å². The normalized spacial score (nSPS) is 32.4. The van der Waals surface area contributed by atoms with Crippen LogP contribution in [-0.2, 0) is 0 Å². The SMILES string of the molecule is CCCSc1nsnc1[C@@H]1CN2CC[C@H]1C2. The summed E-state index contributed by atoms with van der Waals surface area (Å²) in [6.45, 7) is 6.03. The monoisotopic (exact) mass is 255 g/mol. The molecule has 88 valence electrons. The fourth-order valence-electron chi connectivity index (χ4n) is 2.81. The highest BCUT2D eigenvalue weighted by atomic mass is 32.2. The van der Waals surface area contributed by atoms with E-state index in [1.165, 1.54) is 60.7 Å². The van der Waals surface area contributed by atoms with Crippen LogP contribution in [0.1, 0.15) is 31.4 Å². The van der Waals surface area contributed by atoms with Gasteiger partial charge in [-0.25, -0.2) is 0 Å². The van der Waals surface area contributed by atoms with Crippen molar-refractivity contribution in [1.29, 1.82) is 0 Å². The molecule has 0 saturated carbocycles. The Morgan fingerprint density at radius 2 is 2.38 bits per heavy atom. The molecule has 2 saturated heterocycles. The number of hydrogen-bond donors (Lipinski definition) is 0. The summed E-state index contributed by atoms with van der Waals surface area (Å²) in [5, 5.41) is 1.21. The molecule has 2 aliphatic rings. The molecule has 2 aliphatic heterocycles. The van der Waals surface area contributed by atoms with Gasteiger partial charge in [0, 0.05) is 19.0 Å². The van der Waals surface area contributed by atoms with Crippen molar-refractivity contribution in [3.05, 3.63) is 5.69 Å². The second-order valence-corrected chi connectivity index (χ2v) is 6.33. The summed E-state index contributed by atoms with van der Waals surface area (Å²) in [5.74, 6) is 2.69. The van der Waals surface area contributed by atoms with Crippen molar-refractivity contribution in [2.24, 2.45) is 5.92 Å². The van der Waals surface area contributed by atoms with Crippen LogP contribution in [0.15, 0.2) is 5.03 Å². The van der Waals surface area contributed by atoms with Crippen LogP contribution in [0, 0.1) is 5.92 Å². The van der Waals surface area contributed by atoms with E-state index in [1.807, 2.05) is 11.8 Å². The predicted octanol–water partition coefficient (Wildman–Crippen LogP) is 2.46. The van der Waals surface area contributed by atoms with Gasteiger partial charge < -0.3 is 4.90 Å². The largest absolute Gasteiger partial charge is 0.302 e. The molecule has 3 nitrogen and oxygen atoms in total. The van der Waals surface area contributed by atoms with E-state index in [2.05, 4.69) is 20.6 Å². The highest BCUT2D eigenvalue weighted by Gasteiger charge is 2.41.